The van der Waals surface area contributed by atoms with Crippen LogP contribution in [0.15, 0.2) is 16.7 Å². The lowest BCUT2D eigenvalue weighted by Crippen LogP contribution is -1.92. The van der Waals surface area contributed by atoms with Gasteiger partial charge in [0.1, 0.15) is 5.69 Å². The lowest BCUT2D eigenvalue weighted by molar-refractivity contribution is 0.0652. The minimum absolute atomic E-state index is 0.0835. The highest BCUT2D eigenvalue weighted by atomic mass is 35.5. The van der Waals surface area contributed by atoms with Crippen LogP contribution in [0.4, 0.5) is 0 Å². The molecule has 7 heteroatoms. The minimum atomic E-state index is -1.28. The van der Waals surface area contributed by atoms with Crippen LogP contribution in [-0.2, 0) is 0 Å². The topological polar surface area (TPSA) is 104 Å². The van der Waals surface area contributed by atoms with E-state index >= 15 is 0 Å². The molecule has 0 spiro atoms. The molecule has 0 saturated carbocycles. The van der Waals surface area contributed by atoms with Gasteiger partial charge in [-0.3, -0.25) is 0 Å². The fourth-order valence-electron chi connectivity index (χ4n) is 1.53. The number of carbonyl (C=O) groups is 1. The molecular formula is C11H8ClNO5. The van der Waals surface area contributed by atoms with Gasteiger partial charge in [0.15, 0.2) is 11.5 Å². The first kappa shape index (κ1) is 12.3. The third-order valence-electron chi connectivity index (χ3n) is 2.45. The highest BCUT2D eigenvalue weighted by Crippen LogP contribution is 2.42. The van der Waals surface area contributed by atoms with E-state index in [1.54, 1.807) is 6.92 Å². The van der Waals surface area contributed by atoms with Crippen molar-refractivity contribution in [2.24, 2.45) is 0 Å². The average Bonchev–Trinajstić information content (AvgIpc) is 2.76. The second-order valence-electron chi connectivity index (χ2n) is 3.61. The van der Waals surface area contributed by atoms with Crippen LogP contribution in [0.2, 0.25) is 5.02 Å². The number of aromatic hydroxyl groups is 2. The molecule has 18 heavy (non-hydrogen) atoms. The predicted octanol–water partition coefficient (Wildman–Crippen LogP) is 2.41. The van der Waals surface area contributed by atoms with E-state index in [-0.39, 0.29) is 22.0 Å². The van der Waals surface area contributed by atoms with Crippen LogP contribution < -0.4 is 0 Å². The molecule has 0 bridgehead atoms. The Morgan fingerprint density at radius 3 is 2.61 bits per heavy atom. The first-order chi connectivity index (χ1) is 8.41. The van der Waals surface area contributed by atoms with Gasteiger partial charge in [0, 0.05) is 17.2 Å². The lowest BCUT2D eigenvalue weighted by Gasteiger charge is -2.08. The van der Waals surface area contributed by atoms with Crippen molar-refractivity contribution in [1.29, 1.82) is 0 Å². The van der Waals surface area contributed by atoms with Gasteiger partial charge in [-0.15, -0.1) is 0 Å². The zero-order valence-electron chi connectivity index (χ0n) is 9.14. The van der Waals surface area contributed by atoms with Crippen molar-refractivity contribution < 1.29 is 24.6 Å². The Hall–Kier alpha value is -2.21. The minimum Gasteiger partial charge on any atom is -0.504 e. The Bertz CT molecular complexity index is 608. The molecule has 0 amide bonds. The van der Waals surface area contributed by atoms with Crippen molar-refractivity contribution in [2.75, 3.05) is 0 Å². The zero-order chi connectivity index (χ0) is 13.4. The molecule has 1 heterocycles. The number of hydrogen-bond donors (Lipinski definition) is 3. The van der Waals surface area contributed by atoms with Gasteiger partial charge in [-0.1, -0.05) is 16.8 Å². The van der Waals surface area contributed by atoms with E-state index in [1.807, 2.05) is 0 Å². The summed E-state index contributed by atoms with van der Waals surface area (Å²) < 4.78 is 4.58. The van der Waals surface area contributed by atoms with Crippen LogP contribution >= 0.6 is 11.6 Å². The largest absolute Gasteiger partial charge is 0.504 e. The van der Waals surface area contributed by atoms with Gasteiger partial charge < -0.3 is 19.8 Å². The number of benzene rings is 1. The van der Waals surface area contributed by atoms with Gasteiger partial charge in [0.05, 0.1) is 5.56 Å². The average molecular weight is 270 g/mol. The molecule has 2 rings (SSSR count). The normalized spacial score (nSPS) is 10.6. The van der Waals surface area contributed by atoms with E-state index in [2.05, 4.69) is 9.68 Å². The maximum absolute atomic E-state index is 10.7. The van der Waals surface area contributed by atoms with Gasteiger partial charge in [-0.2, -0.15) is 0 Å². The Morgan fingerprint density at radius 2 is 2.06 bits per heavy atom. The second kappa shape index (κ2) is 4.23. The van der Waals surface area contributed by atoms with E-state index in [0.717, 1.165) is 6.07 Å². The number of phenolic OH excluding ortho intramolecular Hbond substituents is 2. The molecule has 0 saturated heterocycles. The number of aromatic nitrogens is 1. The summed E-state index contributed by atoms with van der Waals surface area (Å²) in [7, 11) is 0. The molecule has 0 aliphatic rings. The van der Waals surface area contributed by atoms with E-state index in [9.17, 15) is 15.0 Å². The van der Waals surface area contributed by atoms with Gasteiger partial charge in [0.25, 0.3) is 0 Å². The maximum atomic E-state index is 10.7. The molecule has 0 fully saturated rings. The van der Waals surface area contributed by atoms with Crippen LogP contribution in [0.5, 0.6) is 11.5 Å². The molecule has 3 N–H and O–H groups in total. The van der Waals surface area contributed by atoms with E-state index in [1.165, 1.54) is 6.07 Å². The van der Waals surface area contributed by atoms with Crippen LogP contribution in [-0.4, -0.2) is 26.4 Å². The molecule has 0 aliphatic carbocycles. The van der Waals surface area contributed by atoms with Crippen LogP contribution in [0.25, 0.3) is 11.3 Å². The van der Waals surface area contributed by atoms with E-state index < -0.39 is 17.5 Å². The van der Waals surface area contributed by atoms with Gasteiger partial charge in [-0.05, 0) is 12.5 Å². The number of carboxylic acid groups (broad SMARTS) is 1. The quantitative estimate of drug-likeness (QED) is 0.723. The molecule has 1 aromatic carbocycles. The van der Waals surface area contributed by atoms with Crippen molar-refractivity contribution in [3.8, 4) is 22.8 Å². The molecule has 94 valence electrons. The van der Waals surface area contributed by atoms with Crippen molar-refractivity contribution in [2.45, 2.75) is 6.92 Å². The van der Waals surface area contributed by atoms with Crippen molar-refractivity contribution in [3.63, 3.8) is 0 Å². The monoisotopic (exact) mass is 269 g/mol. The summed E-state index contributed by atoms with van der Waals surface area (Å²) in [6, 6.07) is 2.33. The van der Waals surface area contributed by atoms with Gasteiger partial charge >= 0.3 is 5.97 Å². The molecule has 0 radical (unpaired) electrons. The number of aromatic carboxylic acids is 1. The molecule has 0 aliphatic heterocycles. The number of phenols is 2. The number of carboxylic acids is 1. The van der Waals surface area contributed by atoms with E-state index in [0.29, 0.717) is 5.56 Å². The fraction of sp³-hybridized carbons (Fsp3) is 0.0909. The first-order valence-corrected chi connectivity index (χ1v) is 5.21. The standard InChI is InChI=1S/C11H8ClNO5/c1-4-5(12)2-7(14)10(15)9(4)6-3-8(11(16)17)18-13-6/h2-3,14-15H,1H3,(H,16,17). The van der Waals surface area contributed by atoms with Crippen molar-refractivity contribution in [3.05, 3.63) is 28.5 Å². The molecule has 6 nitrogen and oxygen atoms in total. The summed E-state index contributed by atoms with van der Waals surface area (Å²) in [5.74, 6) is -2.50. The summed E-state index contributed by atoms with van der Waals surface area (Å²) in [5.41, 5.74) is 0.675. The fourth-order valence-corrected chi connectivity index (χ4v) is 1.73. The lowest BCUT2D eigenvalue weighted by atomic mass is 10.0. The highest BCUT2D eigenvalue weighted by molar-refractivity contribution is 6.32. The van der Waals surface area contributed by atoms with Crippen LogP contribution in [0.1, 0.15) is 16.1 Å². The SMILES string of the molecule is Cc1c(Cl)cc(O)c(O)c1-c1cc(C(=O)O)on1. The predicted molar refractivity (Wildman–Crippen MR) is 62.0 cm³/mol. The Labute approximate surface area is 106 Å². The number of rotatable bonds is 2. The second-order valence-corrected chi connectivity index (χ2v) is 4.01. The number of nitrogens with zero attached hydrogens (tertiary/aromatic N) is 1. The van der Waals surface area contributed by atoms with Crippen molar-refractivity contribution >= 4 is 17.6 Å². The number of hydrogen-bond acceptors (Lipinski definition) is 5. The molecule has 0 atom stereocenters. The van der Waals surface area contributed by atoms with Gasteiger partial charge in [-0.25, -0.2) is 4.79 Å². The third-order valence-corrected chi connectivity index (χ3v) is 2.85. The molecule has 1 aromatic heterocycles. The highest BCUT2D eigenvalue weighted by Gasteiger charge is 2.20. The van der Waals surface area contributed by atoms with Crippen LogP contribution in [0, 0.1) is 6.92 Å². The zero-order valence-corrected chi connectivity index (χ0v) is 9.89. The Balaban J connectivity index is 2.66. The first-order valence-electron chi connectivity index (χ1n) is 4.83. The third kappa shape index (κ3) is 1.86. The maximum Gasteiger partial charge on any atom is 0.374 e. The van der Waals surface area contributed by atoms with Crippen LogP contribution in [0.3, 0.4) is 0 Å². The summed E-state index contributed by atoms with van der Waals surface area (Å²) >= 11 is 5.86. The molecule has 0 unspecified atom stereocenters. The summed E-state index contributed by atoms with van der Waals surface area (Å²) in [6.45, 7) is 1.60. The Morgan fingerprint density at radius 1 is 1.39 bits per heavy atom. The number of halogens is 1. The molecule has 2 aromatic rings. The summed E-state index contributed by atoms with van der Waals surface area (Å²) in [4.78, 5) is 10.7. The van der Waals surface area contributed by atoms with Crippen molar-refractivity contribution in [1.82, 2.24) is 5.16 Å². The van der Waals surface area contributed by atoms with E-state index in [4.69, 9.17) is 16.7 Å². The summed E-state index contributed by atoms with van der Waals surface area (Å²) in [6.07, 6.45) is 0. The Kier molecular flexibility index (Phi) is 2.88. The smallest absolute Gasteiger partial charge is 0.374 e. The summed E-state index contributed by atoms with van der Waals surface area (Å²) in [5, 5.41) is 31.7. The van der Waals surface area contributed by atoms with Gasteiger partial charge in [0.2, 0.25) is 5.76 Å². The molecular weight excluding hydrogens is 262 g/mol.